The summed E-state index contributed by atoms with van der Waals surface area (Å²) in [5.41, 5.74) is 1.65. The van der Waals surface area contributed by atoms with Crippen molar-refractivity contribution in [3.63, 3.8) is 0 Å². The molecule has 0 fully saturated rings. The van der Waals surface area contributed by atoms with E-state index in [2.05, 4.69) is 0 Å². The van der Waals surface area contributed by atoms with E-state index in [0.29, 0.717) is 5.56 Å². The van der Waals surface area contributed by atoms with Gasteiger partial charge in [-0.25, -0.2) is 0 Å². The third-order valence-corrected chi connectivity index (χ3v) is 2.38. The number of rotatable bonds is 2. The highest BCUT2D eigenvalue weighted by atomic mass is 16.5. The number of benzene rings is 1. The largest absolute Gasteiger partial charge is 0.495 e. The molecule has 0 atom stereocenters. The minimum Gasteiger partial charge on any atom is -0.495 e. The standard InChI is InChI=1S/C11H11NO2/c1-12-6-5-9-8(7-13)3-4-10(14-2)11(9)12/h3-7H,1-2H3. The van der Waals surface area contributed by atoms with Crippen molar-refractivity contribution in [1.29, 1.82) is 0 Å². The van der Waals surface area contributed by atoms with E-state index in [-0.39, 0.29) is 0 Å². The first-order valence-corrected chi connectivity index (χ1v) is 4.35. The van der Waals surface area contributed by atoms with Gasteiger partial charge in [0.05, 0.1) is 12.6 Å². The number of nitrogens with zero attached hydrogens (tertiary/aromatic N) is 1. The number of fused-ring (bicyclic) bond motifs is 1. The number of methoxy groups -OCH3 is 1. The Kier molecular flexibility index (Phi) is 2.00. The fourth-order valence-electron chi connectivity index (χ4n) is 1.67. The van der Waals surface area contributed by atoms with Crippen molar-refractivity contribution in [2.75, 3.05) is 7.11 Å². The van der Waals surface area contributed by atoms with E-state index < -0.39 is 0 Å². The fourth-order valence-corrected chi connectivity index (χ4v) is 1.67. The van der Waals surface area contributed by atoms with Crippen molar-refractivity contribution >= 4 is 17.2 Å². The van der Waals surface area contributed by atoms with Crippen molar-refractivity contribution in [2.24, 2.45) is 7.05 Å². The predicted molar refractivity (Wildman–Crippen MR) is 54.9 cm³/mol. The molecule has 3 heteroatoms. The lowest BCUT2D eigenvalue weighted by Crippen LogP contribution is -1.92. The average Bonchev–Trinajstić information content (AvgIpc) is 2.60. The Hall–Kier alpha value is -1.77. The highest BCUT2D eigenvalue weighted by Crippen LogP contribution is 2.27. The number of aryl methyl sites for hydroxylation is 1. The van der Waals surface area contributed by atoms with E-state index in [4.69, 9.17) is 4.74 Å². The maximum atomic E-state index is 10.8. The van der Waals surface area contributed by atoms with Gasteiger partial charge in [0.15, 0.2) is 6.29 Å². The molecule has 72 valence electrons. The van der Waals surface area contributed by atoms with Crippen LogP contribution in [0.5, 0.6) is 5.75 Å². The molecule has 0 aliphatic rings. The highest BCUT2D eigenvalue weighted by Gasteiger charge is 2.08. The molecule has 0 spiro atoms. The van der Waals surface area contributed by atoms with Gasteiger partial charge in [-0.3, -0.25) is 4.79 Å². The minimum atomic E-state index is 0.696. The van der Waals surface area contributed by atoms with Crippen LogP contribution in [0.3, 0.4) is 0 Å². The van der Waals surface area contributed by atoms with Crippen LogP contribution in [0.4, 0.5) is 0 Å². The van der Waals surface area contributed by atoms with E-state index in [1.807, 2.05) is 29.9 Å². The SMILES string of the molecule is COc1ccc(C=O)c2ccn(C)c12. The van der Waals surface area contributed by atoms with Crippen LogP contribution in [-0.4, -0.2) is 18.0 Å². The average molecular weight is 189 g/mol. The highest BCUT2D eigenvalue weighted by molar-refractivity contribution is 5.99. The van der Waals surface area contributed by atoms with Crippen LogP contribution in [0, 0.1) is 0 Å². The third kappa shape index (κ3) is 1.09. The first-order valence-electron chi connectivity index (χ1n) is 4.35. The normalized spacial score (nSPS) is 10.4. The van der Waals surface area contributed by atoms with Crippen LogP contribution in [0.2, 0.25) is 0 Å². The minimum absolute atomic E-state index is 0.696. The Balaban J connectivity index is 2.87. The summed E-state index contributed by atoms with van der Waals surface area (Å²) in [6, 6.07) is 5.50. The maximum absolute atomic E-state index is 10.8. The molecule has 1 aromatic heterocycles. The summed E-state index contributed by atoms with van der Waals surface area (Å²) in [6.45, 7) is 0. The van der Waals surface area contributed by atoms with Crippen molar-refractivity contribution in [1.82, 2.24) is 4.57 Å². The molecule has 0 radical (unpaired) electrons. The Morgan fingerprint density at radius 1 is 1.36 bits per heavy atom. The molecule has 2 aromatic rings. The van der Waals surface area contributed by atoms with E-state index in [9.17, 15) is 4.79 Å². The van der Waals surface area contributed by atoms with Crippen LogP contribution in [0.15, 0.2) is 24.4 Å². The molecule has 0 aliphatic carbocycles. The van der Waals surface area contributed by atoms with Crippen LogP contribution >= 0.6 is 0 Å². The fraction of sp³-hybridized carbons (Fsp3) is 0.182. The summed E-state index contributed by atoms with van der Waals surface area (Å²) in [7, 11) is 3.56. The number of hydrogen-bond donors (Lipinski definition) is 0. The number of aldehydes is 1. The lowest BCUT2D eigenvalue weighted by atomic mass is 10.1. The molecule has 0 bridgehead atoms. The number of hydrogen-bond acceptors (Lipinski definition) is 2. The van der Waals surface area contributed by atoms with Crippen LogP contribution in [0.25, 0.3) is 10.9 Å². The zero-order valence-corrected chi connectivity index (χ0v) is 8.15. The van der Waals surface area contributed by atoms with Gasteiger partial charge in [-0.2, -0.15) is 0 Å². The lowest BCUT2D eigenvalue weighted by Gasteiger charge is -2.05. The molecular weight excluding hydrogens is 178 g/mol. The summed E-state index contributed by atoms with van der Waals surface area (Å²) in [4.78, 5) is 10.8. The second-order valence-electron chi connectivity index (χ2n) is 3.16. The molecular formula is C11H11NO2. The topological polar surface area (TPSA) is 31.2 Å². The number of aromatic nitrogens is 1. The maximum Gasteiger partial charge on any atom is 0.150 e. The van der Waals surface area contributed by atoms with Crippen molar-refractivity contribution in [3.05, 3.63) is 30.0 Å². The van der Waals surface area contributed by atoms with Gasteiger partial charge in [-0.05, 0) is 18.2 Å². The van der Waals surface area contributed by atoms with Gasteiger partial charge < -0.3 is 9.30 Å². The second kappa shape index (κ2) is 3.18. The smallest absolute Gasteiger partial charge is 0.150 e. The van der Waals surface area contributed by atoms with Crippen molar-refractivity contribution in [2.45, 2.75) is 0 Å². The van der Waals surface area contributed by atoms with Gasteiger partial charge in [0.2, 0.25) is 0 Å². The Morgan fingerprint density at radius 2 is 2.14 bits per heavy atom. The Morgan fingerprint density at radius 3 is 2.79 bits per heavy atom. The summed E-state index contributed by atoms with van der Waals surface area (Å²) in [5.74, 6) is 0.790. The zero-order valence-electron chi connectivity index (χ0n) is 8.15. The Bertz CT molecular complexity index is 485. The number of ether oxygens (including phenoxy) is 1. The van der Waals surface area contributed by atoms with Crippen LogP contribution in [0.1, 0.15) is 10.4 Å². The molecule has 3 nitrogen and oxygen atoms in total. The van der Waals surface area contributed by atoms with E-state index in [1.165, 1.54) is 0 Å². The van der Waals surface area contributed by atoms with Crippen molar-refractivity contribution in [3.8, 4) is 5.75 Å². The predicted octanol–water partition coefficient (Wildman–Crippen LogP) is 2.00. The zero-order chi connectivity index (χ0) is 10.1. The Labute approximate surface area is 81.9 Å². The monoisotopic (exact) mass is 189 g/mol. The summed E-state index contributed by atoms with van der Waals surface area (Å²) >= 11 is 0. The first-order chi connectivity index (χ1) is 6.77. The molecule has 1 heterocycles. The molecule has 2 rings (SSSR count). The first kappa shape index (κ1) is 8.81. The van der Waals surface area contributed by atoms with Gasteiger partial charge in [0.1, 0.15) is 5.75 Å². The molecule has 0 amide bonds. The third-order valence-electron chi connectivity index (χ3n) is 2.38. The summed E-state index contributed by atoms with van der Waals surface area (Å²) in [6.07, 6.45) is 2.78. The summed E-state index contributed by atoms with van der Waals surface area (Å²) < 4.78 is 7.17. The molecule has 0 saturated carbocycles. The van der Waals surface area contributed by atoms with Crippen LogP contribution in [-0.2, 0) is 7.05 Å². The molecule has 0 aliphatic heterocycles. The van der Waals surface area contributed by atoms with Gasteiger partial charge in [0.25, 0.3) is 0 Å². The van der Waals surface area contributed by atoms with Gasteiger partial charge >= 0.3 is 0 Å². The van der Waals surface area contributed by atoms with Crippen molar-refractivity contribution < 1.29 is 9.53 Å². The second-order valence-corrected chi connectivity index (χ2v) is 3.16. The number of carbonyl (C=O) groups excluding carboxylic acids is 1. The van der Waals surface area contributed by atoms with Gasteiger partial charge in [0, 0.05) is 24.2 Å². The number of carbonyl (C=O) groups is 1. The molecule has 0 N–H and O–H groups in total. The van der Waals surface area contributed by atoms with Gasteiger partial charge in [-0.1, -0.05) is 0 Å². The van der Waals surface area contributed by atoms with E-state index in [0.717, 1.165) is 22.9 Å². The molecule has 0 saturated heterocycles. The van der Waals surface area contributed by atoms with Gasteiger partial charge in [-0.15, -0.1) is 0 Å². The quantitative estimate of drug-likeness (QED) is 0.676. The van der Waals surface area contributed by atoms with Crippen LogP contribution < -0.4 is 4.74 Å². The van der Waals surface area contributed by atoms with E-state index in [1.54, 1.807) is 13.2 Å². The summed E-state index contributed by atoms with van der Waals surface area (Å²) in [5, 5.41) is 0.932. The lowest BCUT2D eigenvalue weighted by molar-refractivity contribution is 0.112. The van der Waals surface area contributed by atoms with E-state index >= 15 is 0 Å². The molecule has 14 heavy (non-hydrogen) atoms. The molecule has 1 aromatic carbocycles. The molecule has 0 unspecified atom stereocenters.